The van der Waals surface area contributed by atoms with Gasteiger partial charge in [0.15, 0.2) is 0 Å². The minimum Gasteiger partial charge on any atom is -0.343 e. The molecule has 0 spiro atoms. The maximum Gasteiger partial charge on any atom is 0.224 e. The molecule has 1 aliphatic heterocycles. The van der Waals surface area contributed by atoms with Gasteiger partial charge < -0.3 is 5.32 Å². The van der Waals surface area contributed by atoms with E-state index < -0.39 is 0 Å². The number of benzene rings is 1. The molecule has 0 radical (unpaired) electrons. The predicted octanol–water partition coefficient (Wildman–Crippen LogP) is 4.25. The molecule has 3 aromatic rings. The highest BCUT2D eigenvalue weighted by molar-refractivity contribution is 6.30. The van der Waals surface area contributed by atoms with Gasteiger partial charge in [-0.05, 0) is 73.5 Å². The van der Waals surface area contributed by atoms with Gasteiger partial charge in [0.1, 0.15) is 0 Å². The number of hydrogen-bond donors (Lipinski definition) is 1. The number of piperidine rings is 1. The van der Waals surface area contributed by atoms with Gasteiger partial charge in [-0.15, -0.1) is 0 Å². The number of likely N-dealkylation sites (tertiary alicyclic amines) is 1. The number of carbonyl (C=O) groups excluding carboxylic acids is 1. The van der Waals surface area contributed by atoms with Gasteiger partial charge in [0.25, 0.3) is 0 Å². The lowest BCUT2D eigenvalue weighted by molar-refractivity contribution is -0.127. The predicted molar refractivity (Wildman–Crippen MR) is 118 cm³/mol. The van der Waals surface area contributed by atoms with Crippen LogP contribution in [0.25, 0.3) is 0 Å². The van der Waals surface area contributed by atoms with Crippen molar-refractivity contribution in [3.05, 3.63) is 95.0 Å². The molecule has 1 N–H and O–H groups in total. The van der Waals surface area contributed by atoms with E-state index in [1.54, 1.807) is 6.20 Å². The molecule has 154 valence electrons. The smallest absolute Gasteiger partial charge is 0.224 e. The molecule has 1 aromatic carbocycles. The van der Waals surface area contributed by atoms with Gasteiger partial charge in [-0.25, -0.2) is 0 Å². The van der Waals surface area contributed by atoms with Crippen molar-refractivity contribution >= 4 is 17.5 Å². The van der Waals surface area contributed by atoms with Crippen molar-refractivity contribution in [3.8, 4) is 0 Å². The van der Waals surface area contributed by atoms with Crippen molar-refractivity contribution in [2.24, 2.45) is 5.92 Å². The number of rotatable bonds is 6. The molecule has 1 atom stereocenters. The van der Waals surface area contributed by atoms with Crippen LogP contribution >= 0.6 is 11.6 Å². The molecule has 2 aromatic heterocycles. The third kappa shape index (κ3) is 5.23. The first kappa shape index (κ1) is 20.5. The van der Waals surface area contributed by atoms with E-state index in [1.807, 2.05) is 67.0 Å². The second-order valence-electron chi connectivity index (χ2n) is 7.65. The molecule has 1 unspecified atom stereocenters. The maximum atomic E-state index is 13.1. The van der Waals surface area contributed by atoms with Crippen LogP contribution in [0.15, 0.2) is 73.2 Å². The minimum absolute atomic E-state index is 0.0113. The van der Waals surface area contributed by atoms with Crippen molar-refractivity contribution in [1.29, 1.82) is 0 Å². The monoisotopic (exact) mass is 420 g/mol. The van der Waals surface area contributed by atoms with Gasteiger partial charge in [-0.1, -0.05) is 29.8 Å². The summed E-state index contributed by atoms with van der Waals surface area (Å²) in [5, 5.41) is 3.90. The first-order valence-electron chi connectivity index (χ1n) is 10.3. The molecular weight excluding hydrogens is 396 g/mol. The Bertz CT molecular complexity index is 942. The van der Waals surface area contributed by atoms with E-state index in [2.05, 4.69) is 20.2 Å². The number of nitrogens with one attached hydrogen (secondary N) is 1. The standard InChI is InChI=1S/C24H25ClN4O/c25-21-6-4-19(5-7-21)23(22-3-1-2-12-27-22)28-24(30)20-10-15-29(16-11-20)17-18-8-13-26-14-9-18/h1-9,12-14,20,23H,10-11,15-17H2,(H,28,30). The SMILES string of the molecule is O=C(NC(c1ccc(Cl)cc1)c1ccccn1)C1CCN(Cc2ccncc2)CC1. The second kappa shape index (κ2) is 9.83. The van der Waals surface area contributed by atoms with Gasteiger partial charge in [-0.2, -0.15) is 0 Å². The molecule has 5 nitrogen and oxygen atoms in total. The normalized spacial score (nSPS) is 16.2. The lowest BCUT2D eigenvalue weighted by Crippen LogP contribution is -2.41. The Morgan fingerprint density at radius 3 is 2.43 bits per heavy atom. The largest absolute Gasteiger partial charge is 0.343 e. The first-order valence-corrected chi connectivity index (χ1v) is 10.6. The number of pyridine rings is 2. The zero-order valence-electron chi connectivity index (χ0n) is 16.7. The van der Waals surface area contributed by atoms with Gasteiger partial charge in [0, 0.05) is 36.1 Å². The van der Waals surface area contributed by atoms with Crippen molar-refractivity contribution in [1.82, 2.24) is 20.2 Å². The van der Waals surface area contributed by atoms with E-state index in [0.29, 0.717) is 5.02 Å². The molecule has 1 aliphatic rings. The van der Waals surface area contributed by atoms with Crippen LogP contribution in [0.2, 0.25) is 5.02 Å². The highest BCUT2D eigenvalue weighted by Gasteiger charge is 2.27. The average molecular weight is 421 g/mol. The molecule has 1 amide bonds. The number of hydrogen-bond acceptors (Lipinski definition) is 4. The summed E-state index contributed by atoms with van der Waals surface area (Å²) in [5.41, 5.74) is 3.05. The quantitative estimate of drug-likeness (QED) is 0.647. The zero-order valence-corrected chi connectivity index (χ0v) is 17.5. The maximum absolute atomic E-state index is 13.1. The van der Waals surface area contributed by atoms with E-state index in [-0.39, 0.29) is 17.9 Å². The summed E-state index contributed by atoms with van der Waals surface area (Å²) in [7, 11) is 0. The van der Waals surface area contributed by atoms with Crippen LogP contribution in [0.1, 0.15) is 35.7 Å². The van der Waals surface area contributed by atoms with Crippen LogP contribution < -0.4 is 5.32 Å². The van der Waals surface area contributed by atoms with Crippen molar-refractivity contribution in [2.45, 2.75) is 25.4 Å². The summed E-state index contributed by atoms with van der Waals surface area (Å²) in [5.74, 6) is 0.0985. The fourth-order valence-corrected chi connectivity index (χ4v) is 4.02. The number of carbonyl (C=O) groups is 1. The molecule has 6 heteroatoms. The Balaban J connectivity index is 1.40. The lowest BCUT2D eigenvalue weighted by Gasteiger charge is -2.32. The van der Waals surface area contributed by atoms with Crippen LogP contribution in [0, 0.1) is 5.92 Å². The summed E-state index contributed by atoms with van der Waals surface area (Å²) >= 11 is 6.05. The van der Waals surface area contributed by atoms with Crippen LogP contribution in [0.4, 0.5) is 0 Å². The highest BCUT2D eigenvalue weighted by Crippen LogP contribution is 2.25. The van der Waals surface area contributed by atoms with E-state index in [0.717, 1.165) is 43.7 Å². The Hall–Kier alpha value is -2.76. The van der Waals surface area contributed by atoms with E-state index in [4.69, 9.17) is 11.6 Å². The summed E-state index contributed by atoms with van der Waals surface area (Å²) in [6, 6.07) is 17.1. The first-order chi connectivity index (χ1) is 14.7. The van der Waals surface area contributed by atoms with Gasteiger partial charge in [0.05, 0.1) is 11.7 Å². The molecule has 0 bridgehead atoms. The van der Waals surface area contributed by atoms with Gasteiger partial charge in [-0.3, -0.25) is 19.7 Å². The Morgan fingerprint density at radius 2 is 1.77 bits per heavy atom. The third-order valence-electron chi connectivity index (χ3n) is 5.59. The van der Waals surface area contributed by atoms with Crippen LogP contribution in [0.3, 0.4) is 0 Å². The summed E-state index contributed by atoms with van der Waals surface area (Å²) in [4.78, 5) is 24.0. The molecule has 1 fully saturated rings. The van der Waals surface area contributed by atoms with Gasteiger partial charge >= 0.3 is 0 Å². The Kier molecular flexibility index (Phi) is 6.72. The number of aromatic nitrogens is 2. The summed E-state index contributed by atoms with van der Waals surface area (Å²) in [6.07, 6.45) is 7.11. The number of halogens is 1. The lowest BCUT2D eigenvalue weighted by atomic mass is 9.94. The molecule has 30 heavy (non-hydrogen) atoms. The Labute approximate surface area is 182 Å². The highest BCUT2D eigenvalue weighted by atomic mass is 35.5. The minimum atomic E-state index is -0.286. The van der Waals surface area contributed by atoms with Gasteiger partial charge in [0.2, 0.25) is 5.91 Å². The van der Waals surface area contributed by atoms with Crippen molar-refractivity contribution in [3.63, 3.8) is 0 Å². The van der Waals surface area contributed by atoms with Crippen LogP contribution in [-0.4, -0.2) is 33.9 Å². The Morgan fingerprint density at radius 1 is 1.03 bits per heavy atom. The fraction of sp³-hybridized carbons (Fsp3) is 0.292. The fourth-order valence-electron chi connectivity index (χ4n) is 3.89. The zero-order chi connectivity index (χ0) is 20.8. The summed E-state index contributed by atoms with van der Waals surface area (Å²) in [6.45, 7) is 2.73. The summed E-state index contributed by atoms with van der Waals surface area (Å²) < 4.78 is 0. The van der Waals surface area contributed by atoms with Crippen LogP contribution in [0.5, 0.6) is 0 Å². The van der Waals surface area contributed by atoms with Crippen molar-refractivity contribution in [2.75, 3.05) is 13.1 Å². The van der Waals surface area contributed by atoms with Crippen molar-refractivity contribution < 1.29 is 4.79 Å². The molecular formula is C24H25ClN4O. The number of amides is 1. The molecule has 1 saturated heterocycles. The molecule has 3 heterocycles. The second-order valence-corrected chi connectivity index (χ2v) is 8.09. The number of nitrogens with zero attached hydrogens (tertiary/aromatic N) is 3. The topological polar surface area (TPSA) is 58.1 Å². The van der Waals surface area contributed by atoms with E-state index >= 15 is 0 Å². The average Bonchev–Trinajstić information content (AvgIpc) is 2.80. The third-order valence-corrected chi connectivity index (χ3v) is 5.84. The molecule has 4 rings (SSSR count). The molecule has 0 aliphatic carbocycles. The molecule has 0 saturated carbocycles. The van der Waals surface area contributed by atoms with E-state index in [9.17, 15) is 4.79 Å². The van der Waals surface area contributed by atoms with Crippen LogP contribution in [-0.2, 0) is 11.3 Å². The van der Waals surface area contributed by atoms with E-state index in [1.165, 1.54) is 5.56 Å².